The first kappa shape index (κ1) is 13.5. The molecule has 0 bridgehead atoms. The fraction of sp³-hybridized carbons (Fsp3) is 0.429. The average molecular weight is 262 g/mol. The SMILES string of the molecule is Cn1c(=O)oc2ccc(C(=O)C(C)(C)CCN)cc21. The van der Waals surface area contributed by atoms with Gasteiger partial charge in [0.1, 0.15) is 0 Å². The molecule has 0 radical (unpaired) electrons. The van der Waals surface area contributed by atoms with E-state index in [1.54, 1.807) is 25.2 Å². The summed E-state index contributed by atoms with van der Waals surface area (Å²) in [5.41, 5.74) is 6.71. The Morgan fingerprint density at radius 1 is 1.42 bits per heavy atom. The third-order valence-corrected chi connectivity index (χ3v) is 3.44. The van der Waals surface area contributed by atoms with Crippen LogP contribution in [0.4, 0.5) is 0 Å². The van der Waals surface area contributed by atoms with Crippen LogP contribution in [-0.4, -0.2) is 16.9 Å². The molecular formula is C14H18N2O3. The second-order valence-electron chi connectivity index (χ2n) is 5.36. The van der Waals surface area contributed by atoms with E-state index in [9.17, 15) is 9.59 Å². The lowest BCUT2D eigenvalue weighted by molar-refractivity contribution is 0.0829. The van der Waals surface area contributed by atoms with Gasteiger partial charge in [0.05, 0.1) is 5.52 Å². The maximum Gasteiger partial charge on any atom is 0.419 e. The average Bonchev–Trinajstić information content (AvgIpc) is 2.64. The van der Waals surface area contributed by atoms with Gasteiger partial charge in [-0.3, -0.25) is 9.36 Å². The smallest absolute Gasteiger partial charge is 0.408 e. The third kappa shape index (κ3) is 2.33. The van der Waals surface area contributed by atoms with Crippen LogP contribution in [0, 0.1) is 5.41 Å². The number of nitrogens with zero attached hydrogens (tertiary/aromatic N) is 1. The quantitative estimate of drug-likeness (QED) is 0.850. The van der Waals surface area contributed by atoms with E-state index in [0.717, 1.165) is 0 Å². The molecule has 0 aliphatic rings. The zero-order chi connectivity index (χ0) is 14.2. The second kappa shape index (κ2) is 4.66. The first-order valence-corrected chi connectivity index (χ1v) is 6.21. The molecule has 2 N–H and O–H groups in total. The van der Waals surface area contributed by atoms with Crippen molar-refractivity contribution in [2.24, 2.45) is 18.2 Å². The lowest BCUT2D eigenvalue weighted by atomic mass is 9.81. The van der Waals surface area contributed by atoms with Crippen molar-refractivity contribution < 1.29 is 9.21 Å². The van der Waals surface area contributed by atoms with Crippen LogP contribution >= 0.6 is 0 Å². The highest BCUT2D eigenvalue weighted by molar-refractivity contribution is 6.02. The lowest BCUT2D eigenvalue weighted by Gasteiger charge is -2.22. The van der Waals surface area contributed by atoms with Crippen molar-refractivity contribution in [3.8, 4) is 0 Å². The second-order valence-corrected chi connectivity index (χ2v) is 5.36. The van der Waals surface area contributed by atoms with Gasteiger partial charge in [-0.25, -0.2) is 4.79 Å². The molecule has 0 atom stereocenters. The first-order valence-electron chi connectivity index (χ1n) is 6.21. The molecule has 2 aromatic rings. The van der Waals surface area contributed by atoms with Gasteiger partial charge in [0.15, 0.2) is 11.4 Å². The molecule has 19 heavy (non-hydrogen) atoms. The number of Topliss-reactive ketones (excluding diaryl/α,β-unsaturated/α-hetero) is 1. The molecule has 5 nitrogen and oxygen atoms in total. The molecule has 5 heteroatoms. The zero-order valence-corrected chi connectivity index (χ0v) is 11.4. The van der Waals surface area contributed by atoms with Crippen molar-refractivity contribution in [2.45, 2.75) is 20.3 Å². The van der Waals surface area contributed by atoms with Crippen LogP contribution in [0.15, 0.2) is 27.4 Å². The van der Waals surface area contributed by atoms with E-state index in [1.807, 2.05) is 13.8 Å². The minimum absolute atomic E-state index is 0.0218. The Morgan fingerprint density at radius 2 is 2.11 bits per heavy atom. The van der Waals surface area contributed by atoms with Crippen molar-refractivity contribution in [3.63, 3.8) is 0 Å². The molecule has 0 unspecified atom stereocenters. The van der Waals surface area contributed by atoms with Crippen molar-refractivity contribution >= 4 is 16.9 Å². The minimum Gasteiger partial charge on any atom is -0.408 e. The molecule has 0 aliphatic carbocycles. The zero-order valence-electron chi connectivity index (χ0n) is 11.4. The highest BCUT2D eigenvalue weighted by Crippen LogP contribution is 2.26. The number of aryl methyl sites for hydroxylation is 1. The van der Waals surface area contributed by atoms with Gasteiger partial charge in [-0.2, -0.15) is 0 Å². The van der Waals surface area contributed by atoms with Crippen LogP contribution in [-0.2, 0) is 7.05 Å². The fourth-order valence-electron chi connectivity index (χ4n) is 2.13. The number of hydrogen-bond donors (Lipinski definition) is 1. The van der Waals surface area contributed by atoms with Crippen LogP contribution in [0.25, 0.3) is 11.1 Å². The van der Waals surface area contributed by atoms with Gasteiger partial charge < -0.3 is 10.2 Å². The van der Waals surface area contributed by atoms with Gasteiger partial charge in [0, 0.05) is 18.0 Å². The maximum atomic E-state index is 12.4. The summed E-state index contributed by atoms with van der Waals surface area (Å²) in [5.74, 6) is -0.408. The molecule has 0 amide bonds. The Bertz CT molecular complexity index is 680. The van der Waals surface area contributed by atoms with Crippen molar-refractivity contribution in [1.82, 2.24) is 4.57 Å². The van der Waals surface area contributed by atoms with E-state index in [1.165, 1.54) is 4.57 Å². The summed E-state index contributed by atoms with van der Waals surface area (Å²) in [6, 6.07) is 5.04. The number of ketones is 1. The lowest BCUT2D eigenvalue weighted by Crippen LogP contribution is -2.27. The summed E-state index contributed by atoms with van der Waals surface area (Å²) in [7, 11) is 1.62. The Hall–Kier alpha value is -1.88. The number of fused-ring (bicyclic) bond motifs is 1. The van der Waals surface area contributed by atoms with Gasteiger partial charge in [-0.05, 0) is 31.2 Å². The molecule has 0 spiro atoms. The summed E-state index contributed by atoms with van der Waals surface area (Å²) in [4.78, 5) is 23.9. The van der Waals surface area contributed by atoms with E-state index in [0.29, 0.717) is 29.6 Å². The molecule has 1 aromatic heterocycles. The van der Waals surface area contributed by atoms with Crippen LogP contribution in [0.5, 0.6) is 0 Å². The van der Waals surface area contributed by atoms with Crippen LogP contribution in [0.2, 0.25) is 0 Å². The van der Waals surface area contributed by atoms with Crippen LogP contribution < -0.4 is 11.5 Å². The van der Waals surface area contributed by atoms with Gasteiger partial charge in [0.2, 0.25) is 0 Å². The molecule has 1 heterocycles. The molecule has 0 aliphatic heterocycles. The normalized spacial score (nSPS) is 12.0. The molecule has 0 saturated heterocycles. The molecule has 1 aromatic carbocycles. The van der Waals surface area contributed by atoms with Gasteiger partial charge in [0.25, 0.3) is 0 Å². The number of carbonyl (C=O) groups excluding carboxylic acids is 1. The summed E-state index contributed by atoms with van der Waals surface area (Å²) in [6.45, 7) is 4.22. The molecular weight excluding hydrogens is 244 g/mol. The predicted octanol–water partition coefficient (Wildman–Crippen LogP) is 1.69. The molecule has 0 fully saturated rings. The number of oxazole rings is 1. The van der Waals surface area contributed by atoms with Gasteiger partial charge >= 0.3 is 5.76 Å². The number of rotatable bonds is 4. The number of nitrogens with two attached hydrogens (primary N) is 1. The first-order chi connectivity index (χ1) is 8.86. The fourth-order valence-corrected chi connectivity index (χ4v) is 2.13. The van der Waals surface area contributed by atoms with E-state index in [2.05, 4.69) is 0 Å². The van der Waals surface area contributed by atoms with Gasteiger partial charge in [-0.15, -0.1) is 0 Å². The Morgan fingerprint density at radius 3 is 2.74 bits per heavy atom. The number of carbonyl (C=O) groups is 1. The number of hydrogen-bond acceptors (Lipinski definition) is 4. The molecule has 0 saturated carbocycles. The van der Waals surface area contributed by atoms with Crippen molar-refractivity contribution in [1.29, 1.82) is 0 Å². The number of benzene rings is 1. The van der Waals surface area contributed by atoms with E-state index in [4.69, 9.17) is 10.2 Å². The highest BCUT2D eigenvalue weighted by Gasteiger charge is 2.28. The monoisotopic (exact) mass is 262 g/mol. The maximum absolute atomic E-state index is 12.4. The largest absolute Gasteiger partial charge is 0.419 e. The summed E-state index contributed by atoms with van der Waals surface area (Å²) in [6.07, 6.45) is 0.619. The topological polar surface area (TPSA) is 78.2 Å². The Balaban J connectivity index is 2.49. The Kier molecular flexibility index (Phi) is 3.32. The predicted molar refractivity (Wildman–Crippen MR) is 73.2 cm³/mol. The molecule has 102 valence electrons. The van der Waals surface area contributed by atoms with E-state index < -0.39 is 11.2 Å². The van der Waals surface area contributed by atoms with Crippen molar-refractivity contribution in [3.05, 3.63) is 34.3 Å². The van der Waals surface area contributed by atoms with E-state index in [-0.39, 0.29) is 5.78 Å². The third-order valence-electron chi connectivity index (χ3n) is 3.44. The van der Waals surface area contributed by atoms with Crippen LogP contribution in [0.1, 0.15) is 30.6 Å². The Labute approximate surface area is 111 Å². The number of aromatic nitrogens is 1. The van der Waals surface area contributed by atoms with E-state index >= 15 is 0 Å². The summed E-state index contributed by atoms with van der Waals surface area (Å²) >= 11 is 0. The standard InChI is InChI=1S/C14H18N2O3/c1-14(2,6-7-15)12(17)9-4-5-11-10(8-9)16(3)13(18)19-11/h4-5,8H,6-7,15H2,1-3H3. The summed E-state index contributed by atoms with van der Waals surface area (Å²) in [5, 5.41) is 0. The van der Waals surface area contributed by atoms with Crippen LogP contribution in [0.3, 0.4) is 0 Å². The molecule has 2 rings (SSSR count). The summed E-state index contributed by atoms with van der Waals surface area (Å²) < 4.78 is 6.43. The van der Waals surface area contributed by atoms with Gasteiger partial charge in [-0.1, -0.05) is 13.8 Å². The minimum atomic E-state index is -0.509. The highest BCUT2D eigenvalue weighted by atomic mass is 16.4. The van der Waals surface area contributed by atoms with Crippen molar-refractivity contribution in [2.75, 3.05) is 6.54 Å².